The Kier molecular flexibility index (Phi) is 3.74. The van der Waals surface area contributed by atoms with Gasteiger partial charge in [-0.1, -0.05) is 0 Å². The number of amides is 2. The molecular formula is C12H14N6O3. The number of rotatable bonds is 5. The predicted molar refractivity (Wildman–Crippen MR) is 77.4 cm³/mol. The Morgan fingerprint density at radius 3 is 2.38 bits per heavy atom. The first-order chi connectivity index (χ1) is 9.88. The summed E-state index contributed by atoms with van der Waals surface area (Å²) in [4.78, 5) is 41.7. The monoisotopic (exact) mass is 290 g/mol. The summed E-state index contributed by atoms with van der Waals surface area (Å²) < 4.78 is 0. The molecule has 0 aliphatic rings. The molecule has 0 unspecified atom stereocenters. The highest BCUT2D eigenvalue weighted by Crippen LogP contribution is 2.26. The standard InChI is InChI=1S/C12H14N6O3/c13-7-1-6-8(16-5-17-12(6)21)2-9(7)18(3-10(14)19)4-11(15)20/h1-2,5H,3-4,13H2,(H2,14,19)(H2,15,20)(H,16,17,21). The van der Waals surface area contributed by atoms with Crippen molar-refractivity contribution in [2.24, 2.45) is 11.5 Å². The molecule has 1 aromatic carbocycles. The minimum atomic E-state index is -0.644. The molecule has 0 radical (unpaired) electrons. The molecule has 2 amide bonds. The Bertz CT molecular complexity index is 753. The van der Waals surface area contributed by atoms with Crippen LogP contribution in [0.5, 0.6) is 0 Å². The topological polar surface area (TPSA) is 161 Å². The van der Waals surface area contributed by atoms with Crippen LogP contribution in [0.2, 0.25) is 0 Å². The number of carbonyl (C=O) groups excluding carboxylic acids is 2. The van der Waals surface area contributed by atoms with Crippen molar-refractivity contribution in [3.05, 3.63) is 28.8 Å². The van der Waals surface area contributed by atoms with Crippen LogP contribution >= 0.6 is 0 Å². The lowest BCUT2D eigenvalue weighted by Gasteiger charge is -2.23. The number of aromatic nitrogens is 2. The number of hydrogen-bond donors (Lipinski definition) is 4. The first kappa shape index (κ1) is 14.3. The minimum absolute atomic E-state index is 0.212. The summed E-state index contributed by atoms with van der Waals surface area (Å²) in [6.07, 6.45) is 1.25. The lowest BCUT2D eigenvalue weighted by molar-refractivity contribution is -0.117. The molecule has 21 heavy (non-hydrogen) atoms. The number of hydrogen-bond acceptors (Lipinski definition) is 6. The zero-order chi connectivity index (χ0) is 15.6. The predicted octanol–water partition coefficient (Wildman–Crippen LogP) is -1.72. The molecule has 1 aromatic heterocycles. The zero-order valence-corrected chi connectivity index (χ0v) is 11.0. The third kappa shape index (κ3) is 3.08. The molecule has 110 valence electrons. The van der Waals surface area contributed by atoms with Gasteiger partial charge in [-0.2, -0.15) is 0 Å². The van der Waals surface area contributed by atoms with Crippen molar-refractivity contribution in [3.63, 3.8) is 0 Å². The number of aromatic amines is 1. The van der Waals surface area contributed by atoms with Gasteiger partial charge in [0.25, 0.3) is 5.56 Å². The molecule has 0 aliphatic heterocycles. The number of benzene rings is 1. The smallest absolute Gasteiger partial charge is 0.258 e. The fraction of sp³-hybridized carbons (Fsp3) is 0.167. The van der Waals surface area contributed by atoms with Crippen LogP contribution in [0.4, 0.5) is 11.4 Å². The second-order valence-corrected chi connectivity index (χ2v) is 4.45. The van der Waals surface area contributed by atoms with Gasteiger partial charge in [0.1, 0.15) is 0 Å². The Labute approximate surface area is 118 Å². The van der Waals surface area contributed by atoms with E-state index < -0.39 is 11.8 Å². The number of nitrogens with one attached hydrogen (secondary N) is 1. The van der Waals surface area contributed by atoms with E-state index in [1.54, 1.807) is 0 Å². The molecule has 0 bridgehead atoms. The SMILES string of the molecule is NC(=O)CN(CC(N)=O)c1cc2nc[nH]c(=O)c2cc1N. The highest BCUT2D eigenvalue weighted by Gasteiger charge is 2.16. The van der Waals surface area contributed by atoms with E-state index in [0.717, 1.165) is 0 Å². The van der Waals surface area contributed by atoms with Crippen LogP contribution in [0.15, 0.2) is 23.3 Å². The molecule has 0 saturated heterocycles. The normalized spacial score (nSPS) is 10.5. The number of fused-ring (bicyclic) bond motifs is 1. The van der Waals surface area contributed by atoms with E-state index in [1.165, 1.54) is 23.4 Å². The number of primary amides is 2. The highest BCUT2D eigenvalue weighted by molar-refractivity contribution is 5.92. The van der Waals surface area contributed by atoms with Gasteiger partial charge in [0.15, 0.2) is 0 Å². The largest absolute Gasteiger partial charge is 0.397 e. The van der Waals surface area contributed by atoms with E-state index in [9.17, 15) is 14.4 Å². The van der Waals surface area contributed by atoms with Crippen LogP contribution in [0.25, 0.3) is 10.9 Å². The van der Waals surface area contributed by atoms with E-state index in [0.29, 0.717) is 16.6 Å². The summed E-state index contributed by atoms with van der Waals surface area (Å²) in [7, 11) is 0. The molecule has 0 atom stereocenters. The Hall–Kier alpha value is -3.10. The molecule has 2 aromatic rings. The van der Waals surface area contributed by atoms with Gasteiger partial charge in [-0.15, -0.1) is 0 Å². The summed E-state index contributed by atoms with van der Waals surface area (Å²) in [5.74, 6) is -1.29. The Morgan fingerprint density at radius 1 is 1.19 bits per heavy atom. The summed E-state index contributed by atoms with van der Waals surface area (Å²) in [6.45, 7) is -0.469. The third-order valence-electron chi connectivity index (χ3n) is 2.82. The second kappa shape index (κ2) is 5.49. The van der Waals surface area contributed by atoms with Crippen LogP contribution in [0, 0.1) is 0 Å². The van der Waals surface area contributed by atoms with Crippen LogP contribution in [0.3, 0.4) is 0 Å². The van der Waals surface area contributed by atoms with Gasteiger partial charge < -0.3 is 27.1 Å². The van der Waals surface area contributed by atoms with Crippen molar-refractivity contribution in [3.8, 4) is 0 Å². The summed E-state index contributed by atoms with van der Waals surface area (Å²) in [5, 5.41) is 0.303. The number of nitrogen functional groups attached to an aromatic ring is 1. The number of nitrogens with two attached hydrogens (primary N) is 3. The van der Waals surface area contributed by atoms with Gasteiger partial charge in [0.05, 0.1) is 41.7 Å². The molecule has 7 N–H and O–H groups in total. The molecule has 1 heterocycles. The third-order valence-corrected chi connectivity index (χ3v) is 2.82. The Balaban J connectivity index is 2.56. The van der Waals surface area contributed by atoms with Crippen LogP contribution in [0.1, 0.15) is 0 Å². The Morgan fingerprint density at radius 2 is 1.81 bits per heavy atom. The first-order valence-corrected chi connectivity index (χ1v) is 5.97. The van der Waals surface area contributed by atoms with Crippen molar-refractivity contribution in [1.82, 2.24) is 9.97 Å². The molecule has 0 saturated carbocycles. The van der Waals surface area contributed by atoms with Crippen LogP contribution < -0.4 is 27.7 Å². The second-order valence-electron chi connectivity index (χ2n) is 4.45. The lowest BCUT2D eigenvalue weighted by Crippen LogP contribution is -2.40. The highest BCUT2D eigenvalue weighted by atomic mass is 16.2. The molecule has 9 nitrogen and oxygen atoms in total. The van der Waals surface area contributed by atoms with E-state index >= 15 is 0 Å². The molecule has 0 aliphatic carbocycles. The average molecular weight is 290 g/mol. The molecule has 9 heteroatoms. The maximum atomic E-state index is 11.7. The van der Waals surface area contributed by atoms with Crippen LogP contribution in [-0.2, 0) is 9.59 Å². The maximum Gasteiger partial charge on any atom is 0.258 e. The molecule has 2 rings (SSSR count). The minimum Gasteiger partial charge on any atom is -0.397 e. The summed E-state index contributed by atoms with van der Waals surface area (Å²) in [6, 6.07) is 2.93. The van der Waals surface area contributed by atoms with Crippen molar-refractivity contribution < 1.29 is 9.59 Å². The average Bonchev–Trinajstić information content (AvgIpc) is 2.37. The van der Waals surface area contributed by atoms with Gasteiger partial charge in [-0.25, -0.2) is 4.98 Å². The van der Waals surface area contributed by atoms with Crippen LogP contribution in [-0.4, -0.2) is 34.9 Å². The van der Waals surface area contributed by atoms with E-state index in [1.807, 2.05) is 0 Å². The fourth-order valence-electron chi connectivity index (χ4n) is 2.00. The lowest BCUT2D eigenvalue weighted by atomic mass is 10.1. The van der Waals surface area contributed by atoms with Gasteiger partial charge >= 0.3 is 0 Å². The molecule has 0 fully saturated rings. The van der Waals surface area contributed by atoms with Gasteiger partial charge in [0, 0.05) is 0 Å². The van der Waals surface area contributed by atoms with E-state index in [2.05, 4.69) is 9.97 Å². The maximum absolute atomic E-state index is 11.7. The van der Waals surface area contributed by atoms with E-state index in [4.69, 9.17) is 17.2 Å². The van der Waals surface area contributed by atoms with Gasteiger partial charge in [-0.3, -0.25) is 14.4 Å². The van der Waals surface area contributed by atoms with Gasteiger partial charge in [-0.05, 0) is 12.1 Å². The van der Waals surface area contributed by atoms with Gasteiger partial charge in [0.2, 0.25) is 11.8 Å². The molecule has 0 spiro atoms. The summed E-state index contributed by atoms with van der Waals surface area (Å²) >= 11 is 0. The summed E-state index contributed by atoms with van der Waals surface area (Å²) in [5.41, 5.74) is 16.8. The number of anilines is 2. The molecular weight excluding hydrogens is 276 g/mol. The number of H-pyrrole nitrogens is 1. The fourth-order valence-corrected chi connectivity index (χ4v) is 2.00. The zero-order valence-electron chi connectivity index (χ0n) is 11.0. The van der Waals surface area contributed by atoms with Crippen molar-refractivity contribution in [1.29, 1.82) is 0 Å². The quantitative estimate of drug-likeness (QED) is 0.479. The van der Waals surface area contributed by atoms with Crippen molar-refractivity contribution in [2.75, 3.05) is 23.7 Å². The van der Waals surface area contributed by atoms with E-state index in [-0.39, 0.29) is 24.3 Å². The van der Waals surface area contributed by atoms with Crippen molar-refractivity contribution in [2.45, 2.75) is 0 Å². The van der Waals surface area contributed by atoms with Crippen molar-refractivity contribution >= 4 is 34.1 Å². The first-order valence-electron chi connectivity index (χ1n) is 5.97. The number of carbonyl (C=O) groups is 2. The number of nitrogens with zero attached hydrogens (tertiary/aromatic N) is 2.